The minimum atomic E-state index is 0.296. The molecule has 2 N–H and O–H groups in total. The lowest BCUT2D eigenvalue weighted by molar-refractivity contribution is 0.274. The number of pyridine rings is 1. The van der Waals surface area contributed by atoms with Gasteiger partial charge in [-0.25, -0.2) is 0 Å². The maximum absolute atomic E-state index is 5.86. The van der Waals surface area contributed by atoms with E-state index < -0.39 is 0 Å². The second kappa shape index (κ2) is 4.91. The summed E-state index contributed by atoms with van der Waals surface area (Å²) in [5, 5.41) is 1.22. The Morgan fingerprint density at radius 3 is 3.00 bits per heavy atom. The Hall–Kier alpha value is -1.45. The molecule has 1 aliphatic heterocycles. The number of hydrogen-bond acceptors (Lipinski definition) is 3. The van der Waals surface area contributed by atoms with Crippen LogP contribution in [0.4, 0.5) is 0 Å². The second-order valence-electron chi connectivity index (χ2n) is 6.01. The Labute approximate surface area is 114 Å². The SMILES string of the molecule is CC1(CN)CCN(Cc2cnc3ccccc3c2)C1. The third kappa shape index (κ3) is 2.62. The first-order valence-electron chi connectivity index (χ1n) is 6.95. The highest BCUT2D eigenvalue weighted by atomic mass is 15.2. The molecular weight excluding hydrogens is 234 g/mol. The van der Waals surface area contributed by atoms with Crippen LogP contribution in [0.3, 0.4) is 0 Å². The summed E-state index contributed by atoms with van der Waals surface area (Å²) < 4.78 is 0. The lowest BCUT2D eigenvalue weighted by Gasteiger charge is -2.22. The van der Waals surface area contributed by atoms with Crippen molar-refractivity contribution >= 4 is 10.9 Å². The highest BCUT2D eigenvalue weighted by Crippen LogP contribution is 2.29. The molecule has 0 bridgehead atoms. The van der Waals surface area contributed by atoms with Gasteiger partial charge in [-0.1, -0.05) is 25.1 Å². The van der Waals surface area contributed by atoms with Crippen LogP contribution in [-0.2, 0) is 6.54 Å². The van der Waals surface area contributed by atoms with Crippen molar-refractivity contribution in [1.29, 1.82) is 0 Å². The van der Waals surface area contributed by atoms with Crippen LogP contribution in [0.5, 0.6) is 0 Å². The zero-order valence-electron chi connectivity index (χ0n) is 11.5. The minimum Gasteiger partial charge on any atom is -0.330 e. The van der Waals surface area contributed by atoms with Crippen molar-refractivity contribution < 1.29 is 0 Å². The van der Waals surface area contributed by atoms with Crippen molar-refractivity contribution in [1.82, 2.24) is 9.88 Å². The molecule has 19 heavy (non-hydrogen) atoms. The van der Waals surface area contributed by atoms with E-state index in [1.54, 1.807) is 0 Å². The highest BCUT2D eigenvalue weighted by Gasteiger charge is 2.32. The molecule has 0 aliphatic carbocycles. The number of aromatic nitrogens is 1. The van der Waals surface area contributed by atoms with E-state index in [1.165, 1.54) is 17.4 Å². The van der Waals surface area contributed by atoms with Gasteiger partial charge in [0.15, 0.2) is 0 Å². The van der Waals surface area contributed by atoms with Crippen molar-refractivity contribution in [3.05, 3.63) is 42.1 Å². The third-order valence-corrected chi connectivity index (χ3v) is 4.18. The molecule has 1 atom stereocenters. The van der Waals surface area contributed by atoms with Crippen LogP contribution in [0.2, 0.25) is 0 Å². The second-order valence-corrected chi connectivity index (χ2v) is 6.01. The van der Waals surface area contributed by atoms with Gasteiger partial charge < -0.3 is 5.73 Å². The van der Waals surface area contributed by atoms with E-state index in [0.717, 1.165) is 31.7 Å². The highest BCUT2D eigenvalue weighted by molar-refractivity contribution is 5.78. The van der Waals surface area contributed by atoms with Gasteiger partial charge in [-0.05, 0) is 42.6 Å². The van der Waals surface area contributed by atoms with Crippen LogP contribution in [0, 0.1) is 5.41 Å². The monoisotopic (exact) mass is 255 g/mol. The van der Waals surface area contributed by atoms with E-state index in [-0.39, 0.29) is 0 Å². The summed E-state index contributed by atoms with van der Waals surface area (Å²) in [6, 6.07) is 10.5. The molecular formula is C16H21N3. The lowest BCUT2D eigenvalue weighted by Crippen LogP contribution is -2.31. The maximum Gasteiger partial charge on any atom is 0.0702 e. The molecule has 1 saturated heterocycles. The molecule has 3 heteroatoms. The largest absolute Gasteiger partial charge is 0.330 e. The minimum absolute atomic E-state index is 0.296. The molecule has 0 saturated carbocycles. The van der Waals surface area contributed by atoms with Gasteiger partial charge in [-0.15, -0.1) is 0 Å². The quantitative estimate of drug-likeness (QED) is 0.915. The zero-order valence-corrected chi connectivity index (χ0v) is 11.5. The van der Waals surface area contributed by atoms with E-state index in [0.29, 0.717) is 5.41 Å². The van der Waals surface area contributed by atoms with Crippen LogP contribution in [0.1, 0.15) is 18.9 Å². The Morgan fingerprint density at radius 2 is 2.21 bits per heavy atom. The van der Waals surface area contributed by atoms with Crippen LogP contribution < -0.4 is 5.73 Å². The Balaban J connectivity index is 1.75. The van der Waals surface area contributed by atoms with Gasteiger partial charge in [-0.2, -0.15) is 0 Å². The molecule has 0 spiro atoms. The normalized spacial score (nSPS) is 24.1. The number of likely N-dealkylation sites (tertiary alicyclic amines) is 1. The van der Waals surface area contributed by atoms with E-state index >= 15 is 0 Å². The van der Waals surface area contributed by atoms with Crippen molar-refractivity contribution in [2.45, 2.75) is 19.9 Å². The van der Waals surface area contributed by atoms with Gasteiger partial charge in [-0.3, -0.25) is 9.88 Å². The maximum atomic E-state index is 5.86. The molecule has 1 aliphatic rings. The number of rotatable bonds is 3. The Kier molecular flexibility index (Phi) is 3.25. The molecule has 3 nitrogen and oxygen atoms in total. The third-order valence-electron chi connectivity index (χ3n) is 4.18. The molecule has 0 amide bonds. The Bertz CT molecular complexity index is 581. The van der Waals surface area contributed by atoms with Crippen molar-refractivity contribution in [2.75, 3.05) is 19.6 Å². The van der Waals surface area contributed by atoms with E-state index in [4.69, 9.17) is 5.73 Å². The van der Waals surface area contributed by atoms with Crippen LogP contribution in [-0.4, -0.2) is 29.5 Å². The zero-order chi connectivity index (χ0) is 13.3. The topological polar surface area (TPSA) is 42.1 Å². The van der Waals surface area contributed by atoms with Crippen LogP contribution in [0.15, 0.2) is 36.5 Å². The summed E-state index contributed by atoms with van der Waals surface area (Å²) in [5.41, 5.74) is 8.52. The first kappa shape index (κ1) is 12.6. The standard InChI is InChI=1S/C16H21N3/c1-16(11-17)6-7-19(12-16)10-13-8-14-4-2-3-5-15(14)18-9-13/h2-5,8-9H,6-7,10-12,17H2,1H3. The van der Waals surface area contributed by atoms with E-state index in [9.17, 15) is 0 Å². The average molecular weight is 255 g/mol. The molecule has 1 aromatic heterocycles. The average Bonchev–Trinajstić information content (AvgIpc) is 2.81. The van der Waals surface area contributed by atoms with E-state index in [1.807, 2.05) is 12.3 Å². The lowest BCUT2D eigenvalue weighted by atomic mass is 9.90. The Morgan fingerprint density at radius 1 is 1.37 bits per heavy atom. The molecule has 1 fully saturated rings. The molecule has 3 rings (SSSR count). The molecule has 100 valence electrons. The fraction of sp³-hybridized carbons (Fsp3) is 0.438. The molecule has 2 heterocycles. The van der Waals surface area contributed by atoms with Crippen LogP contribution in [0.25, 0.3) is 10.9 Å². The first-order valence-corrected chi connectivity index (χ1v) is 6.95. The fourth-order valence-electron chi connectivity index (χ4n) is 2.89. The predicted molar refractivity (Wildman–Crippen MR) is 78.8 cm³/mol. The number of para-hydroxylation sites is 1. The van der Waals surface area contributed by atoms with Crippen LogP contribution >= 0.6 is 0 Å². The number of nitrogens with zero attached hydrogens (tertiary/aromatic N) is 2. The summed E-state index contributed by atoms with van der Waals surface area (Å²) in [6.07, 6.45) is 3.20. The fourth-order valence-corrected chi connectivity index (χ4v) is 2.89. The number of nitrogens with two attached hydrogens (primary N) is 1. The van der Waals surface area contributed by atoms with Gasteiger partial charge in [0, 0.05) is 24.7 Å². The summed E-state index contributed by atoms with van der Waals surface area (Å²) in [6.45, 7) is 6.27. The molecule has 0 radical (unpaired) electrons. The number of fused-ring (bicyclic) bond motifs is 1. The van der Waals surface area contributed by atoms with Crippen molar-refractivity contribution in [2.24, 2.45) is 11.1 Å². The summed E-state index contributed by atoms with van der Waals surface area (Å²) in [7, 11) is 0. The molecule has 2 aromatic rings. The number of benzene rings is 1. The van der Waals surface area contributed by atoms with Gasteiger partial charge in [0.2, 0.25) is 0 Å². The van der Waals surface area contributed by atoms with Gasteiger partial charge in [0.05, 0.1) is 5.52 Å². The van der Waals surface area contributed by atoms with Gasteiger partial charge in [0.25, 0.3) is 0 Å². The summed E-state index contributed by atoms with van der Waals surface area (Å²) in [4.78, 5) is 7.01. The van der Waals surface area contributed by atoms with Gasteiger partial charge >= 0.3 is 0 Å². The smallest absolute Gasteiger partial charge is 0.0702 e. The molecule has 1 unspecified atom stereocenters. The van der Waals surface area contributed by atoms with Gasteiger partial charge in [0.1, 0.15) is 0 Å². The number of hydrogen-bond donors (Lipinski definition) is 1. The van der Waals surface area contributed by atoms with E-state index in [2.05, 4.69) is 41.1 Å². The predicted octanol–water partition coefficient (Wildman–Crippen LogP) is 2.41. The molecule has 1 aromatic carbocycles. The van der Waals surface area contributed by atoms with Crippen molar-refractivity contribution in [3.8, 4) is 0 Å². The summed E-state index contributed by atoms with van der Waals surface area (Å²) >= 11 is 0. The first-order chi connectivity index (χ1) is 9.18. The van der Waals surface area contributed by atoms with Crippen molar-refractivity contribution in [3.63, 3.8) is 0 Å². The summed E-state index contributed by atoms with van der Waals surface area (Å²) in [5.74, 6) is 0.